The predicted octanol–water partition coefficient (Wildman–Crippen LogP) is 1.07. The lowest BCUT2D eigenvalue weighted by Gasteiger charge is -2.34. The molecule has 2 rings (SSSR count). The third-order valence-electron chi connectivity index (χ3n) is 4.49. The minimum absolute atomic E-state index is 0.0235. The van der Waals surface area contributed by atoms with Crippen LogP contribution >= 0.6 is 0 Å². The smallest absolute Gasteiger partial charge is 0.237 e. The SMILES string of the molecule is CC(C(=O)NCCc1ccc(F)cc1)N1CCC(C(N)=O)CC1. The van der Waals surface area contributed by atoms with E-state index in [1.54, 1.807) is 12.1 Å². The molecular formula is C17H24FN3O2. The number of benzene rings is 1. The third-order valence-corrected chi connectivity index (χ3v) is 4.49. The van der Waals surface area contributed by atoms with Crippen molar-refractivity contribution in [2.75, 3.05) is 19.6 Å². The van der Waals surface area contributed by atoms with Gasteiger partial charge in [-0.3, -0.25) is 14.5 Å². The van der Waals surface area contributed by atoms with Gasteiger partial charge in [-0.15, -0.1) is 0 Å². The highest BCUT2D eigenvalue weighted by Crippen LogP contribution is 2.18. The average Bonchev–Trinajstić information content (AvgIpc) is 2.56. The van der Waals surface area contributed by atoms with Crippen LogP contribution in [0, 0.1) is 11.7 Å². The van der Waals surface area contributed by atoms with E-state index < -0.39 is 0 Å². The predicted molar refractivity (Wildman–Crippen MR) is 86.1 cm³/mol. The molecule has 1 heterocycles. The van der Waals surface area contributed by atoms with Gasteiger partial charge in [-0.05, 0) is 57.0 Å². The summed E-state index contributed by atoms with van der Waals surface area (Å²) in [6.45, 7) is 3.81. The van der Waals surface area contributed by atoms with Crippen molar-refractivity contribution in [3.8, 4) is 0 Å². The van der Waals surface area contributed by atoms with Gasteiger partial charge in [-0.2, -0.15) is 0 Å². The molecule has 1 saturated heterocycles. The highest BCUT2D eigenvalue weighted by atomic mass is 19.1. The van der Waals surface area contributed by atoms with Gasteiger partial charge in [0.2, 0.25) is 11.8 Å². The molecule has 0 aliphatic carbocycles. The zero-order valence-corrected chi connectivity index (χ0v) is 13.4. The van der Waals surface area contributed by atoms with E-state index in [1.807, 2.05) is 6.92 Å². The molecule has 3 N–H and O–H groups in total. The van der Waals surface area contributed by atoms with Crippen molar-refractivity contribution in [3.05, 3.63) is 35.6 Å². The van der Waals surface area contributed by atoms with Gasteiger partial charge in [0.25, 0.3) is 0 Å². The van der Waals surface area contributed by atoms with E-state index in [0.29, 0.717) is 38.9 Å². The maximum absolute atomic E-state index is 12.8. The van der Waals surface area contributed by atoms with E-state index >= 15 is 0 Å². The van der Waals surface area contributed by atoms with Crippen LogP contribution in [0.5, 0.6) is 0 Å². The molecule has 5 nitrogen and oxygen atoms in total. The third kappa shape index (κ3) is 5.03. The number of rotatable bonds is 6. The minimum atomic E-state index is -0.259. The molecule has 1 unspecified atom stereocenters. The van der Waals surface area contributed by atoms with Crippen molar-refractivity contribution in [3.63, 3.8) is 0 Å². The van der Waals surface area contributed by atoms with E-state index in [9.17, 15) is 14.0 Å². The second kappa shape index (κ2) is 8.06. The van der Waals surface area contributed by atoms with Crippen LogP contribution in [0.2, 0.25) is 0 Å². The summed E-state index contributed by atoms with van der Waals surface area (Å²) in [5.74, 6) is -0.601. The molecule has 0 spiro atoms. The van der Waals surface area contributed by atoms with Crippen molar-refractivity contribution in [2.24, 2.45) is 11.7 Å². The van der Waals surface area contributed by atoms with Crippen LogP contribution in [0.15, 0.2) is 24.3 Å². The summed E-state index contributed by atoms with van der Waals surface area (Å²) >= 11 is 0. The molecule has 6 heteroatoms. The second-order valence-electron chi connectivity index (χ2n) is 6.06. The molecule has 2 amide bonds. The largest absolute Gasteiger partial charge is 0.369 e. The lowest BCUT2D eigenvalue weighted by molar-refractivity contribution is -0.127. The number of nitrogens with zero attached hydrogens (tertiary/aromatic N) is 1. The Labute approximate surface area is 136 Å². The number of nitrogens with two attached hydrogens (primary N) is 1. The lowest BCUT2D eigenvalue weighted by Crippen LogP contribution is -2.49. The first-order valence-corrected chi connectivity index (χ1v) is 8.03. The molecule has 1 fully saturated rings. The summed E-state index contributed by atoms with van der Waals surface area (Å²) in [5.41, 5.74) is 6.31. The molecule has 1 aromatic rings. The van der Waals surface area contributed by atoms with Crippen LogP contribution < -0.4 is 11.1 Å². The molecule has 1 aromatic carbocycles. The number of carbonyl (C=O) groups excluding carboxylic acids is 2. The van der Waals surface area contributed by atoms with Crippen LogP contribution in [0.3, 0.4) is 0 Å². The number of halogens is 1. The van der Waals surface area contributed by atoms with Crippen molar-refractivity contribution < 1.29 is 14.0 Å². The highest BCUT2D eigenvalue weighted by Gasteiger charge is 2.28. The molecule has 1 aliphatic rings. The maximum atomic E-state index is 12.8. The number of hydrogen-bond acceptors (Lipinski definition) is 3. The maximum Gasteiger partial charge on any atom is 0.237 e. The quantitative estimate of drug-likeness (QED) is 0.823. The summed E-state index contributed by atoms with van der Waals surface area (Å²) in [6, 6.07) is 6.06. The topological polar surface area (TPSA) is 75.4 Å². The van der Waals surface area contributed by atoms with Crippen molar-refractivity contribution in [2.45, 2.75) is 32.2 Å². The number of likely N-dealkylation sites (tertiary alicyclic amines) is 1. The fraction of sp³-hybridized carbons (Fsp3) is 0.529. The van der Waals surface area contributed by atoms with E-state index in [1.165, 1.54) is 12.1 Å². The van der Waals surface area contributed by atoms with Gasteiger partial charge in [0.15, 0.2) is 0 Å². The number of carbonyl (C=O) groups is 2. The van der Waals surface area contributed by atoms with E-state index in [4.69, 9.17) is 5.73 Å². The number of amides is 2. The van der Waals surface area contributed by atoms with Crippen LogP contribution in [-0.2, 0) is 16.0 Å². The normalized spacial score (nSPS) is 17.7. The van der Waals surface area contributed by atoms with Gasteiger partial charge in [0.05, 0.1) is 6.04 Å². The first-order chi connectivity index (χ1) is 11.0. The van der Waals surface area contributed by atoms with Gasteiger partial charge in [0.1, 0.15) is 5.82 Å². The summed E-state index contributed by atoms with van der Waals surface area (Å²) < 4.78 is 12.8. The Hall–Kier alpha value is -1.95. The molecule has 0 saturated carbocycles. The number of hydrogen-bond donors (Lipinski definition) is 2. The van der Waals surface area contributed by atoms with E-state index in [0.717, 1.165) is 5.56 Å². The van der Waals surface area contributed by atoms with Crippen molar-refractivity contribution in [1.29, 1.82) is 0 Å². The Balaban J connectivity index is 1.73. The van der Waals surface area contributed by atoms with Gasteiger partial charge < -0.3 is 11.1 Å². The van der Waals surface area contributed by atoms with Crippen molar-refractivity contribution >= 4 is 11.8 Å². The monoisotopic (exact) mass is 321 g/mol. The summed E-state index contributed by atoms with van der Waals surface area (Å²) in [5, 5.41) is 2.91. The van der Waals surface area contributed by atoms with E-state index in [-0.39, 0.29) is 29.6 Å². The molecule has 23 heavy (non-hydrogen) atoms. The minimum Gasteiger partial charge on any atom is -0.369 e. The Kier molecular flexibility index (Phi) is 6.10. The Morgan fingerprint density at radius 3 is 2.48 bits per heavy atom. The number of primary amides is 1. The standard InChI is InChI=1S/C17H24FN3O2/c1-12(21-10-7-14(8-11-21)16(19)22)17(23)20-9-6-13-2-4-15(18)5-3-13/h2-5,12,14H,6-11H2,1H3,(H2,19,22)(H,20,23). The molecule has 1 atom stereocenters. The van der Waals surface area contributed by atoms with Gasteiger partial charge >= 0.3 is 0 Å². The van der Waals surface area contributed by atoms with Gasteiger partial charge in [-0.1, -0.05) is 12.1 Å². The summed E-state index contributed by atoms with van der Waals surface area (Å²) in [6.07, 6.45) is 2.09. The van der Waals surface area contributed by atoms with Crippen LogP contribution in [0.4, 0.5) is 4.39 Å². The lowest BCUT2D eigenvalue weighted by atomic mass is 9.95. The highest BCUT2D eigenvalue weighted by molar-refractivity contribution is 5.81. The number of piperidine rings is 1. The molecular weight excluding hydrogens is 297 g/mol. The second-order valence-corrected chi connectivity index (χ2v) is 6.06. The fourth-order valence-electron chi connectivity index (χ4n) is 2.87. The Bertz CT molecular complexity index is 539. The summed E-state index contributed by atoms with van der Waals surface area (Å²) in [4.78, 5) is 25.4. The molecule has 0 aromatic heterocycles. The molecule has 0 radical (unpaired) electrons. The Morgan fingerprint density at radius 1 is 1.30 bits per heavy atom. The zero-order chi connectivity index (χ0) is 16.8. The van der Waals surface area contributed by atoms with Crippen LogP contribution in [0.25, 0.3) is 0 Å². The van der Waals surface area contributed by atoms with Crippen molar-refractivity contribution in [1.82, 2.24) is 10.2 Å². The zero-order valence-electron chi connectivity index (χ0n) is 13.4. The summed E-state index contributed by atoms with van der Waals surface area (Å²) in [7, 11) is 0. The molecule has 1 aliphatic heterocycles. The van der Waals surface area contributed by atoms with Gasteiger partial charge in [0, 0.05) is 12.5 Å². The number of nitrogens with one attached hydrogen (secondary N) is 1. The van der Waals surface area contributed by atoms with Crippen LogP contribution in [0.1, 0.15) is 25.3 Å². The molecule has 0 bridgehead atoms. The average molecular weight is 321 g/mol. The van der Waals surface area contributed by atoms with Crippen LogP contribution in [-0.4, -0.2) is 42.4 Å². The van der Waals surface area contributed by atoms with Gasteiger partial charge in [-0.25, -0.2) is 4.39 Å². The fourth-order valence-corrected chi connectivity index (χ4v) is 2.87. The Morgan fingerprint density at radius 2 is 1.91 bits per heavy atom. The first-order valence-electron chi connectivity index (χ1n) is 8.03. The molecule has 126 valence electrons. The first kappa shape index (κ1) is 17.4. The van der Waals surface area contributed by atoms with E-state index in [2.05, 4.69) is 10.2 Å².